The molecule has 0 aliphatic heterocycles. The standard InChI is InChI=1S/C15H15N2O7P/c1-11(2)25(22,23-14-7-3-12(4-8-14)16(18)19)24-15-9-5-13(6-10-15)17(20)21/h3-11H,1-2H3. The zero-order chi connectivity index (χ0) is 18.6. The van der Waals surface area contributed by atoms with Crippen LogP contribution in [0.25, 0.3) is 0 Å². The molecule has 0 atom stereocenters. The second kappa shape index (κ2) is 7.31. The van der Waals surface area contributed by atoms with Gasteiger partial charge < -0.3 is 9.05 Å². The third-order valence-electron chi connectivity index (χ3n) is 3.19. The molecule has 0 aliphatic carbocycles. The van der Waals surface area contributed by atoms with Crippen LogP contribution in [0.15, 0.2) is 48.5 Å². The fourth-order valence-corrected chi connectivity index (χ4v) is 3.07. The van der Waals surface area contributed by atoms with E-state index in [1.54, 1.807) is 13.8 Å². The number of benzene rings is 2. The fourth-order valence-electron chi connectivity index (χ4n) is 1.78. The van der Waals surface area contributed by atoms with Gasteiger partial charge in [-0.2, -0.15) is 0 Å². The smallest absolute Gasteiger partial charge is 0.416 e. The molecule has 0 aliphatic rings. The molecular formula is C15H15N2O7P. The van der Waals surface area contributed by atoms with Gasteiger partial charge in [0, 0.05) is 24.3 Å². The predicted octanol–water partition coefficient (Wildman–Crippen LogP) is 4.56. The van der Waals surface area contributed by atoms with Gasteiger partial charge >= 0.3 is 7.60 Å². The Hall–Kier alpha value is -2.93. The molecule has 0 radical (unpaired) electrons. The summed E-state index contributed by atoms with van der Waals surface area (Å²) in [6.45, 7) is 3.27. The lowest BCUT2D eigenvalue weighted by atomic mass is 10.3. The van der Waals surface area contributed by atoms with Crippen LogP contribution < -0.4 is 9.05 Å². The quantitative estimate of drug-likeness (QED) is 0.400. The van der Waals surface area contributed by atoms with E-state index in [1.165, 1.54) is 48.5 Å². The summed E-state index contributed by atoms with van der Waals surface area (Å²) in [5.41, 5.74) is -0.760. The van der Waals surface area contributed by atoms with Crippen LogP contribution in [0.5, 0.6) is 11.5 Å². The van der Waals surface area contributed by atoms with Crippen LogP contribution in [0.2, 0.25) is 0 Å². The lowest BCUT2D eigenvalue weighted by Crippen LogP contribution is -2.10. The van der Waals surface area contributed by atoms with E-state index < -0.39 is 23.1 Å². The van der Waals surface area contributed by atoms with Gasteiger partial charge in [0.25, 0.3) is 11.4 Å². The Labute approximate surface area is 143 Å². The molecule has 0 heterocycles. The van der Waals surface area contributed by atoms with Crippen molar-refractivity contribution in [1.29, 1.82) is 0 Å². The van der Waals surface area contributed by atoms with Gasteiger partial charge in [0.1, 0.15) is 11.5 Å². The van der Waals surface area contributed by atoms with Crippen LogP contribution in [-0.4, -0.2) is 15.5 Å². The van der Waals surface area contributed by atoms with Crippen molar-refractivity contribution in [2.24, 2.45) is 0 Å². The van der Waals surface area contributed by atoms with Crippen LogP contribution in [0.3, 0.4) is 0 Å². The largest absolute Gasteiger partial charge is 0.433 e. The summed E-state index contributed by atoms with van der Waals surface area (Å²) in [5, 5.41) is 21.3. The minimum absolute atomic E-state index is 0.122. The van der Waals surface area contributed by atoms with E-state index in [2.05, 4.69) is 0 Å². The molecule has 2 aromatic rings. The zero-order valence-corrected chi connectivity index (χ0v) is 14.3. The normalized spacial score (nSPS) is 11.2. The van der Waals surface area contributed by atoms with Crippen molar-refractivity contribution in [3.8, 4) is 11.5 Å². The van der Waals surface area contributed by atoms with E-state index in [9.17, 15) is 24.8 Å². The molecule has 9 nitrogen and oxygen atoms in total. The van der Waals surface area contributed by atoms with Gasteiger partial charge in [-0.05, 0) is 38.1 Å². The Morgan fingerprint density at radius 3 is 1.36 bits per heavy atom. The highest BCUT2D eigenvalue weighted by Crippen LogP contribution is 2.52. The first-order valence-electron chi connectivity index (χ1n) is 7.19. The van der Waals surface area contributed by atoms with Crippen LogP contribution in [0.4, 0.5) is 11.4 Å². The second-order valence-corrected chi connectivity index (χ2v) is 7.80. The average Bonchev–Trinajstić information content (AvgIpc) is 2.55. The van der Waals surface area contributed by atoms with Crippen molar-refractivity contribution in [3.05, 3.63) is 68.8 Å². The van der Waals surface area contributed by atoms with E-state index in [0.29, 0.717) is 0 Å². The zero-order valence-electron chi connectivity index (χ0n) is 13.4. The first-order valence-corrected chi connectivity index (χ1v) is 8.80. The van der Waals surface area contributed by atoms with E-state index in [0.717, 1.165) is 0 Å². The van der Waals surface area contributed by atoms with E-state index in [1.807, 2.05) is 0 Å². The number of hydrogen-bond acceptors (Lipinski definition) is 7. The second-order valence-electron chi connectivity index (χ2n) is 5.32. The number of non-ortho nitro benzene ring substituents is 2. The Balaban J connectivity index is 2.21. The van der Waals surface area contributed by atoms with Crippen LogP contribution in [0, 0.1) is 20.2 Å². The highest BCUT2D eigenvalue weighted by atomic mass is 31.2. The number of rotatable bonds is 7. The van der Waals surface area contributed by atoms with Gasteiger partial charge in [0.15, 0.2) is 0 Å². The topological polar surface area (TPSA) is 122 Å². The first kappa shape index (κ1) is 18.4. The SMILES string of the molecule is CC(C)P(=O)(Oc1ccc([N+](=O)[O-])cc1)Oc1ccc([N+](=O)[O-])cc1. The molecule has 0 unspecified atom stereocenters. The Morgan fingerprint density at radius 2 is 1.12 bits per heavy atom. The van der Waals surface area contributed by atoms with Gasteiger partial charge in [-0.25, -0.2) is 4.57 Å². The summed E-state index contributed by atoms with van der Waals surface area (Å²) < 4.78 is 23.9. The van der Waals surface area contributed by atoms with Crippen molar-refractivity contribution in [2.75, 3.05) is 0 Å². The lowest BCUT2D eigenvalue weighted by Gasteiger charge is -2.22. The molecule has 25 heavy (non-hydrogen) atoms. The van der Waals surface area contributed by atoms with Crippen LogP contribution in [0.1, 0.15) is 13.8 Å². The maximum atomic E-state index is 13.0. The molecule has 0 amide bonds. The molecule has 0 aromatic heterocycles. The van der Waals surface area contributed by atoms with Crippen molar-refractivity contribution >= 4 is 19.0 Å². The van der Waals surface area contributed by atoms with Gasteiger partial charge in [-0.3, -0.25) is 20.2 Å². The van der Waals surface area contributed by atoms with Gasteiger partial charge in [-0.15, -0.1) is 0 Å². The van der Waals surface area contributed by atoms with E-state index in [-0.39, 0.29) is 22.9 Å². The lowest BCUT2D eigenvalue weighted by molar-refractivity contribution is -0.385. The van der Waals surface area contributed by atoms with Crippen molar-refractivity contribution in [1.82, 2.24) is 0 Å². The Bertz CT molecular complexity index is 755. The first-order chi connectivity index (χ1) is 11.7. The number of nitro groups is 2. The summed E-state index contributed by atoms with van der Waals surface area (Å²) in [7, 11) is -3.65. The molecule has 0 saturated carbocycles. The van der Waals surface area contributed by atoms with Crippen LogP contribution in [-0.2, 0) is 4.57 Å². The summed E-state index contributed by atoms with van der Waals surface area (Å²) in [6.07, 6.45) is 0. The summed E-state index contributed by atoms with van der Waals surface area (Å²) >= 11 is 0. The molecule has 0 bridgehead atoms. The molecule has 0 saturated heterocycles. The fraction of sp³-hybridized carbons (Fsp3) is 0.200. The van der Waals surface area contributed by atoms with Crippen molar-refractivity contribution in [2.45, 2.75) is 19.5 Å². The van der Waals surface area contributed by atoms with E-state index >= 15 is 0 Å². The van der Waals surface area contributed by atoms with Crippen LogP contribution >= 0.6 is 7.60 Å². The molecule has 0 N–H and O–H groups in total. The summed E-state index contributed by atoms with van der Waals surface area (Å²) in [5.74, 6) is 0.314. The summed E-state index contributed by atoms with van der Waals surface area (Å²) in [6, 6.07) is 10.2. The van der Waals surface area contributed by atoms with Gasteiger partial charge in [-0.1, -0.05) is 0 Å². The Morgan fingerprint density at radius 1 is 0.800 bits per heavy atom. The van der Waals surface area contributed by atoms with Gasteiger partial charge in [0.05, 0.1) is 15.5 Å². The maximum Gasteiger partial charge on any atom is 0.433 e. The predicted molar refractivity (Wildman–Crippen MR) is 90.2 cm³/mol. The monoisotopic (exact) mass is 366 g/mol. The minimum Gasteiger partial charge on any atom is -0.416 e. The molecule has 0 spiro atoms. The number of nitro benzene ring substituents is 2. The minimum atomic E-state index is -3.65. The molecule has 2 aromatic carbocycles. The number of hydrogen-bond donors (Lipinski definition) is 0. The number of nitrogens with zero attached hydrogens (tertiary/aromatic N) is 2. The Kier molecular flexibility index (Phi) is 5.38. The molecule has 10 heteroatoms. The third kappa shape index (κ3) is 4.54. The van der Waals surface area contributed by atoms with Crippen molar-refractivity contribution < 1.29 is 23.5 Å². The highest BCUT2D eigenvalue weighted by molar-refractivity contribution is 7.55. The highest BCUT2D eigenvalue weighted by Gasteiger charge is 2.33. The summed E-state index contributed by atoms with van der Waals surface area (Å²) in [4.78, 5) is 20.2. The molecular weight excluding hydrogens is 351 g/mol. The van der Waals surface area contributed by atoms with E-state index in [4.69, 9.17) is 9.05 Å². The maximum absolute atomic E-state index is 13.0. The molecule has 0 fully saturated rings. The van der Waals surface area contributed by atoms with Crippen molar-refractivity contribution in [3.63, 3.8) is 0 Å². The molecule has 132 valence electrons. The average molecular weight is 366 g/mol. The van der Waals surface area contributed by atoms with Gasteiger partial charge in [0.2, 0.25) is 0 Å². The third-order valence-corrected chi connectivity index (χ3v) is 5.39. The molecule has 2 rings (SSSR count).